The standard InChI is InChI=1S/C22H24N6O/c23-13-16-14-25-22(28-21(16)27-17-7-9-19(29)10-8-17)24-12-11-18-6-5-15-3-1-2-4-20(15)26-18/h1-6,14,17,19,29H,7-12H2,(H2,24,25,27,28)/t17-,19+. The Balaban J connectivity index is 1.38. The number of anilines is 2. The van der Waals surface area contributed by atoms with E-state index in [-0.39, 0.29) is 12.1 Å². The van der Waals surface area contributed by atoms with E-state index in [0.717, 1.165) is 48.7 Å². The van der Waals surface area contributed by atoms with Gasteiger partial charge in [0.15, 0.2) is 0 Å². The molecule has 0 amide bonds. The first kappa shape index (κ1) is 19.1. The Kier molecular flexibility index (Phi) is 5.82. The summed E-state index contributed by atoms with van der Waals surface area (Å²) in [5.41, 5.74) is 2.42. The second-order valence-electron chi connectivity index (χ2n) is 7.39. The molecule has 1 saturated carbocycles. The van der Waals surface area contributed by atoms with Crippen LogP contribution in [-0.4, -0.2) is 38.7 Å². The van der Waals surface area contributed by atoms with E-state index in [4.69, 9.17) is 0 Å². The molecule has 1 fully saturated rings. The molecule has 7 nitrogen and oxygen atoms in total. The highest BCUT2D eigenvalue weighted by Gasteiger charge is 2.20. The highest BCUT2D eigenvalue weighted by molar-refractivity contribution is 5.78. The molecule has 0 bridgehead atoms. The Hall–Kier alpha value is -3.24. The molecule has 29 heavy (non-hydrogen) atoms. The minimum Gasteiger partial charge on any atom is -0.393 e. The lowest BCUT2D eigenvalue weighted by Gasteiger charge is -2.26. The lowest BCUT2D eigenvalue weighted by atomic mass is 9.93. The van der Waals surface area contributed by atoms with Crippen molar-refractivity contribution < 1.29 is 5.11 Å². The Morgan fingerprint density at radius 1 is 1.07 bits per heavy atom. The lowest BCUT2D eigenvalue weighted by molar-refractivity contribution is 0.126. The average molecular weight is 388 g/mol. The smallest absolute Gasteiger partial charge is 0.224 e. The van der Waals surface area contributed by atoms with Crippen molar-refractivity contribution in [1.82, 2.24) is 15.0 Å². The molecule has 1 aliphatic rings. The van der Waals surface area contributed by atoms with E-state index in [0.29, 0.717) is 23.9 Å². The Bertz CT molecular complexity index is 1020. The zero-order valence-corrected chi connectivity index (χ0v) is 16.2. The number of nitrogens with one attached hydrogen (secondary N) is 2. The molecule has 0 radical (unpaired) electrons. The van der Waals surface area contributed by atoms with Crippen molar-refractivity contribution in [2.45, 2.75) is 44.2 Å². The molecule has 1 aromatic carbocycles. The van der Waals surface area contributed by atoms with E-state index in [1.165, 1.54) is 0 Å². The van der Waals surface area contributed by atoms with Gasteiger partial charge in [-0.15, -0.1) is 0 Å². The van der Waals surface area contributed by atoms with E-state index in [1.54, 1.807) is 6.20 Å². The van der Waals surface area contributed by atoms with E-state index >= 15 is 0 Å². The van der Waals surface area contributed by atoms with E-state index in [9.17, 15) is 10.4 Å². The van der Waals surface area contributed by atoms with Crippen molar-refractivity contribution in [1.29, 1.82) is 5.26 Å². The van der Waals surface area contributed by atoms with E-state index in [2.05, 4.69) is 43.8 Å². The van der Waals surface area contributed by atoms with Gasteiger partial charge >= 0.3 is 0 Å². The summed E-state index contributed by atoms with van der Waals surface area (Å²) < 4.78 is 0. The van der Waals surface area contributed by atoms with Crippen LogP contribution in [0.5, 0.6) is 0 Å². The van der Waals surface area contributed by atoms with Crippen LogP contribution in [0.1, 0.15) is 36.9 Å². The molecule has 3 N–H and O–H groups in total. The number of aromatic nitrogens is 3. The second-order valence-corrected chi connectivity index (χ2v) is 7.39. The third-order valence-electron chi connectivity index (χ3n) is 5.27. The number of hydrogen-bond donors (Lipinski definition) is 3. The molecular formula is C22H24N6O. The average Bonchev–Trinajstić information content (AvgIpc) is 2.75. The molecule has 1 aliphatic carbocycles. The number of nitrogens with zero attached hydrogens (tertiary/aromatic N) is 4. The summed E-state index contributed by atoms with van der Waals surface area (Å²) in [5, 5.41) is 26.7. The molecule has 7 heteroatoms. The summed E-state index contributed by atoms with van der Waals surface area (Å²) in [6.45, 7) is 0.645. The second kappa shape index (κ2) is 8.84. The minimum atomic E-state index is -0.213. The summed E-state index contributed by atoms with van der Waals surface area (Å²) in [6.07, 6.45) is 5.36. The Morgan fingerprint density at radius 2 is 1.90 bits per heavy atom. The van der Waals surface area contributed by atoms with Gasteiger partial charge in [0.1, 0.15) is 17.5 Å². The molecule has 0 saturated heterocycles. The van der Waals surface area contributed by atoms with Crippen LogP contribution < -0.4 is 10.6 Å². The van der Waals surface area contributed by atoms with Crippen molar-refractivity contribution in [3.8, 4) is 6.07 Å². The number of para-hydroxylation sites is 1. The number of benzene rings is 1. The zero-order valence-electron chi connectivity index (χ0n) is 16.2. The van der Waals surface area contributed by atoms with Gasteiger partial charge in [0.25, 0.3) is 0 Å². The molecule has 3 aromatic rings. The summed E-state index contributed by atoms with van der Waals surface area (Å²) in [7, 11) is 0. The predicted molar refractivity (Wildman–Crippen MR) is 113 cm³/mol. The topological polar surface area (TPSA) is 107 Å². The number of aliphatic hydroxyl groups is 1. The van der Waals surface area contributed by atoms with E-state index < -0.39 is 0 Å². The molecule has 4 rings (SSSR count). The maximum Gasteiger partial charge on any atom is 0.224 e. The normalized spacial score (nSPS) is 18.9. The molecular weight excluding hydrogens is 364 g/mol. The minimum absolute atomic E-state index is 0.213. The maximum absolute atomic E-state index is 9.67. The van der Waals surface area contributed by atoms with Gasteiger partial charge in [-0.2, -0.15) is 10.2 Å². The van der Waals surface area contributed by atoms with Crippen LogP contribution in [0, 0.1) is 11.3 Å². The van der Waals surface area contributed by atoms with Crippen molar-refractivity contribution >= 4 is 22.7 Å². The van der Waals surface area contributed by atoms with Gasteiger partial charge < -0.3 is 15.7 Å². The largest absolute Gasteiger partial charge is 0.393 e. The SMILES string of the molecule is N#Cc1cnc(NCCc2ccc3ccccc3n2)nc1N[C@H]1CC[C@@H](O)CC1. The van der Waals surface area contributed by atoms with Crippen LogP contribution in [0.2, 0.25) is 0 Å². The molecule has 2 heterocycles. The van der Waals surface area contributed by atoms with Crippen LogP contribution >= 0.6 is 0 Å². The quantitative estimate of drug-likeness (QED) is 0.595. The summed E-state index contributed by atoms with van der Waals surface area (Å²) in [6, 6.07) is 14.5. The number of hydrogen-bond acceptors (Lipinski definition) is 7. The van der Waals surface area contributed by atoms with Crippen molar-refractivity contribution in [2.75, 3.05) is 17.2 Å². The fraction of sp³-hybridized carbons (Fsp3) is 0.364. The Labute approximate surface area is 169 Å². The van der Waals surface area contributed by atoms with Gasteiger partial charge in [-0.05, 0) is 37.8 Å². The molecule has 0 unspecified atom stereocenters. The van der Waals surface area contributed by atoms with Gasteiger partial charge in [0, 0.05) is 30.1 Å². The summed E-state index contributed by atoms with van der Waals surface area (Å²) in [5.74, 6) is 1.04. The molecule has 0 spiro atoms. The maximum atomic E-state index is 9.67. The zero-order chi connectivity index (χ0) is 20.1. The Morgan fingerprint density at radius 3 is 2.72 bits per heavy atom. The molecule has 0 aliphatic heterocycles. The summed E-state index contributed by atoms with van der Waals surface area (Å²) >= 11 is 0. The molecule has 0 atom stereocenters. The first-order valence-corrected chi connectivity index (χ1v) is 10.0. The third kappa shape index (κ3) is 4.79. The molecule has 2 aromatic heterocycles. The van der Waals surface area contributed by atoms with Crippen molar-refractivity contribution in [3.63, 3.8) is 0 Å². The van der Waals surface area contributed by atoms with Crippen LogP contribution in [-0.2, 0) is 6.42 Å². The number of rotatable bonds is 6. The first-order valence-electron chi connectivity index (χ1n) is 10.0. The monoisotopic (exact) mass is 388 g/mol. The van der Waals surface area contributed by atoms with Crippen LogP contribution in [0.25, 0.3) is 10.9 Å². The predicted octanol–water partition coefficient (Wildman–Crippen LogP) is 3.27. The number of nitriles is 1. The lowest BCUT2D eigenvalue weighted by Crippen LogP contribution is -2.29. The highest BCUT2D eigenvalue weighted by atomic mass is 16.3. The van der Waals surface area contributed by atoms with Gasteiger partial charge in [0.05, 0.1) is 17.8 Å². The van der Waals surface area contributed by atoms with Gasteiger partial charge in [-0.25, -0.2) is 4.98 Å². The van der Waals surface area contributed by atoms with Gasteiger partial charge in [-0.3, -0.25) is 4.98 Å². The first-order chi connectivity index (χ1) is 14.2. The highest BCUT2D eigenvalue weighted by Crippen LogP contribution is 2.23. The van der Waals surface area contributed by atoms with Crippen LogP contribution in [0.15, 0.2) is 42.6 Å². The van der Waals surface area contributed by atoms with Crippen molar-refractivity contribution in [2.24, 2.45) is 0 Å². The van der Waals surface area contributed by atoms with Gasteiger partial charge in [-0.1, -0.05) is 24.3 Å². The van der Waals surface area contributed by atoms with Gasteiger partial charge in [0.2, 0.25) is 5.95 Å². The molecule has 148 valence electrons. The van der Waals surface area contributed by atoms with E-state index in [1.807, 2.05) is 24.3 Å². The third-order valence-corrected chi connectivity index (χ3v) is 5.27. The summed E-state index contributed by atoms with van der Waals surface area (Å²) in [4.78, 5) is 13.4. The fourth-order valence-electron chi connectivity index (χ4n) is 3.62. The number of fused-ring (bicyclic) bond motifs is 1. The fourth-order valence-corrected chi connectivity index (χ4v) is 3.62. The van der Waals surface area contributed by atoms with Crippen LogP contribution in [0.4, 0.5) is 11.8 Å². The number of aliphatic hydroxyl groups excluding tert-OH is 1. The number of pyridine rings is 1. The van der Waals surface area contributed by atoms with Crippen molar-refractivity contribution in [3.05, 3.63) is 53.9 Å². The van der Waals surface area contributed by atoms with Crippen LogP contribution in [0.3, 0.4) is 0 Å².